The average molecular weight is 307 g/mol. The van der Waals surface area contributed by atoms with Crippen molar-refractivity contribution in [3.05, 3.63) is 40.5 Å². The molecule has 5 heteroatoms. The fourth-order valence-electron chi connectivity index (χ4n) is 1.74. The van der Waals surface area contributed by atoms with Gasteiger partial charge in [0.05, 0.1) is 0 Å². The normalized spacial score (nSPS) is 10.3. The Hall–Kier alpha value is -1.62. The summed E-state index contributed by atoms with van der Waals surface area (Å²) >= 11 is 3.30. The van der Waals surface area contributed by atoms with Crippen LogP contribution in [0.15, 0.2) is 34.9 Å². The third kappa shape index (κ3) is 3.20. The topological polar surface area (TPSA) is 63.8 Å². The van der Waals surface area contributed by atoms with Gasteiger partial charge in [0, 0.05) is 11.8 Å². The first-order valence-corrected chi connectivity index (χ1v) is 6.63. The van der Waals surface area contributed by atoms with Gasteiger partial charge in [-0.15, -0.1) is 0 Å². The van der Waals surface area contributed by atoms with Crippen LogP contribution >= 0.6 is 15.9 Å². The van der Waals surface area contributed by atoms with E-state index in [1.54, 1.807) is 6.07 Å². The molecule has 0 aliphatic carbocycles. The van der Waals surface area contributed by atoms with Gasteiger partial charge >= 0.3 is 0 Å². The van der Waals surface area contributed by atoms with Crippen molar-refractivity contribution in [2.45, 2.75) is 19.8 Å². The van der Waals surface area contributed by atoms with E-state index in [-0.39, 0.29) is 0 Å². The van der Waals surface area contributed by atoms with Crippen molar-refractivity contribution in [1.82, 2.24) is 9.97 Å². The van der Waals surface area contributed by atoms with Crippen molar-refractivity contribution in [2.24, 2.45) is 0 Å². The van der Waals surface area contributed by atoms with Crippen LogP contribution in [0.4, 0.5) is 17.5 Å². The predicted octanol–water partition coefficient (Wildman–Crippen LogP) is 3.52. The molecule has 2 rings (SSSR count). The van der Waals surface area contributed by atoms with Crippen molar-refractivity contribution in [2.75, 3.05) is 11.1 Å². The number of hydrogen-bond donors (Lipinski definition) is 2. The van der Waals surface area contributed by atoms with Gasteiger partial charge in [-0.25, -0.2) is 4.98 Å². The summed E-state index contributed by atoms with van der Waals surface area (Å²) in [5, 5.41) is 3.21. The molecule has 3 N–H and O–H groups in total. The van der Waals surface area contributed by atoms with Crippen LogP contribution in [0, 0.1) is 0 Å². The first kappa shape index (κ1) is 12.8. The Balaban J connectivity index is 2.27. The minimum Gasteiger partial charge on any atom is -0.383 e. The first-order valence-electron chi connectivity index (χ1n) is 5.84. The molecule has 0 bridgehead atoms. The van der Waals surface area contributed by atoms with E-state index < -0.39 is 0 Å². The smallest absolute Gasteiger partial charge is 0.230 e. The Morgan fingerprint density at radius 2 is 2.06 bits per heavy atom. The van der Waals surface area contributed by atoms with E-state index in [1.807, 2.05) is 18.2 Å². The molecule has 0 saturated heterocycles. The van der Waals surface area contributed by atoms with Crippen LogP contribution in [-0.4, -0.2) is 9.97 Å². The lowest BCUT2D eigenvalue weighted by Crippen LogP contribution is -2.02. The number of para-hydroxylation sites is 1. The van der Waals surface area contributed by atoms with Crippen LogP contribution in [0.2, 0.25) is 0 Å². The van der Waals surface area contributed by atoms with Crippen molar-refractivity contribution < 1.29 is 0 Å². The molecule has 1 aromatic carbocycles. The molecule has 0 unspecified atom stereocenters. The maximum absolute atomic E-state index is 5.69. The number of nitrogens with one attached hydrogen (secondary N) is 1. The summed E-state index contributed by atoms with van der Waals surface area (Å²) in [5.41, 5.74) is 7.97. The number of benzene rings is 1. The zero-order valence-corrected chi connectivity index (χ0v) is 11.7. The van der Waals surface area contributed by atoms with Crippen LogP contribution in [0.25, 0.3) is 0 Å². The van der Waals surface area contributed by atoms with E-state index in [4.69, 9.17) is 5.73 Å². The highest BCUT2D eigenvalue weighted by molar-refractivity contribution is 9.10. The first-order chi connectivity index (χ1) is 8.69. The third-order valence-electron chi connectivity index (χ3n) is 2.50. The molecular weight excluding hydrogens is 292 g/mol. The molecule has 0 amide bonds. The standard InChI is InChI=1S/C13H15BrN4/c1-2-5-9-6-3-4-7-10(9)16-13-17-11(14)8-12(15)18-13/h3-4,6-8H,2,5H2,1H3,(H3,15,16,17,18). The van der Waals surface area contributed by atoms with Crippen LogP contribution < -0.4 is 11.1 Å². The summed E-state index contributed by atoms with van der Waals surface area (Å²) in [6.45, 7) is 2.16. The van der Waals surface area contributed by atoms with E-state index in [0.717, 1.165) is 18.5 Å². The lowest BCUT2D eigenvalue weighted by atomic mass is 10.1. The van der Waals surface area contributed by atoms with Crippen LogP contribution in [-0.2, 0) is 6.42 Å². The third-order valence-corrected chi connectivity index (χ3v) is 2.90. The van der Waals surface area contributed by atoms with Crippen molar-refractivity contribution >= 4 is 33.4 Å². The van der Waals surface area contributed by atoms with Crippen molar-refractivity contribution in [3.8, 4) is 0 Å². The molecule has 0 aliphatic heterocycles. The SMILES string of the molecule is CCCc1ccccc1Nc1nc(N)cc(Br)n1. The number of nitrogens with zero attached hydrogens (tertiary/aromatic N) is 2. The lowest BCUT2D eigenvalue weighted by Gasteiger charge is -2.10. The molecule has 1 aromatic heterocycles. The average Bonchev–Trinajstić information content (AvgIpc) is 2.30. The van der Waals surface area contributed by atoms with Crippen LogP contribution in [0.1, 0.15) is 18.9 Å². The number of anilines is 3. The second-order valence-corrected chi connectivity index (χ2v) is 4.78. The molecule has 0 spiro atoms. The van der Waals surface area contributed by atoms with Gasteiger partial charge in [0.25, 0.3) is 0 Å². The molecule has 2 aromatic rings. The Morgan fingerprint density at radius 3 is 2.78 bits per heavy atom. The number of rotatable bonds is 4. The molecule has 0 atom stereocenters. The fraction of sp³-hybridized carbons (Fsp3) is 0.231. The van der Waals surface area contributed by atoms with Gasteiger partial charge in [0.1, 0.15) is 10.4 Å². The van der Waals surface area contributed by atoms with Crippen LogP contribution in [0.3, 0.4) is 0 Å². The molecule has 0 saturated carbocycles. The van der Waals surface area contributed by atoms with E-state index in [2.05, 4.69) is 44.2 Å². The zero-order valence-electron chi connectivity index (χ0n) is 10.2. The van der Waals surface area contributed by atoms with Crippen LogP contribution in [0.5, 0.6) is 0 Å². The van der Waals surface area contributed by atoms with E-state index in [1.165, 1.54) is 5.56 Å². The number of aryl methyl sites for hydroxylation is 1. The minimum atomic E-state index is 0.437. The summed E-state index contributed by atoms with van der Waals surface area (Å²) in [6.07, 6.45) is 2.12. The van der Waals surface area contributed by atoms with E-state index in [0.29, 0.717) is 16.4 Å². The molecule has 0 radical (unpaired) electrons. The fourth-order valence-corrected chi connectivity index (χ4v) is 2.14. The summed E-state index contributed by atoms with van der Waals surface area (Å²) < 4.78 is 0.672. The summed E-state index contributed by atoms with van der Waals surface area (Å²) in [5.74, 6) is 0.942. The zero-order chi connectivity index (χ0) is 13.0. The number of hydrogen-bond acceptors (Lipinski definition) is 4. The molecule has 0 fully saturated rings. The molecule has 94 valence electrons. The van der Waals surface area contributed by atoms with Gasteiger partial charge in [-0.3, -0.25) is 0 Å². The number of nitrogens with two attached hydrogens (primary N) is 1. The van der Waals surface area contributed by atoms with Crippen molar-refractivity contribution in [1.29, 1.82) is 0 Å². The highest BCUT2D eigenvalue weighted by Crippen LogP contribution is 2.21. The maximum atomic E-state index is 5.69. The summed E-state index contributed by atoms with van der Waals surface area (Å²) in [7, 11) is 0. The largest absolute Gasteiger partial charge is 0.383 e. The second kappa shape index (κ2) is 5.82. The number of aromatic nitrogens is 2. The Bertz CT molecular complexity index is 522. The van der Waals surface area contributed by atoms with E-state index >= 15 is 0 Å². The molecule has 4 nitrogen and oxygen atoms in total. The van der Waals surface area contributed by atoms with Gasteiger partial charge in [-0.1, -0.05) is 31.5 Å². The quantitative estimate of drug-likeness (QED) is 0.848. The molecule has 18 heavy (non-hydrogen) atoms. The molecular formula is C13H15BrN4. The highest BCUT2D eigenvalue weighted by Gasteiger charge is 2.04. The van der Waals surface area contributed by atoms with Gasteiger partial charge in [0.15, 0.2) is 0 Å². The van der Waals surface area contributed by atoms with Gasteiger partial charge < -0.3 is 11.1 Å². The minimum absolute atomic E-state index is 0.437. The predicted molar refractivity (Wildman–Crippen MR) is 77.9 cm³/mol. The monoisotopic (exact) mass is 306 g/mol. The van der Waals surface area contributed by atoms with Crippen molar-refractivity contribution in [3.63, 3.8) is 0 Å². The maximum Gasteiger partial charge on any atom is 0.230 e. The summed E-state index contributed by atoms with van der Waals surface area (Å²) in [6, 6.07) is 9.82. The second-order valence-electron chi connectivity index (χ2n) is 3.97. The Kier molecular flexibility index (Phi) is 4.15. The highest BCUT2D eigenvalue weighted by atomic mass is 79.9. The number of nitrogen functional groups attached to an aromatic ring is 1. The number of halogens is 1. The van der Waals surface area contributed by atoms with Gasteiger partial charge in [-0.2, -0.15) is 4.98 Å². The summed E-state index contributed by atoms with van der Waals surface area (Å²) in [4.78, 5) is 8.40. The lowest BCUT2D eigenvalue weighted by molar-refractivity contribution is 0.922. The van der Waals surface area contributed by atoms with Gasteiger partial charge in [0.2, 0.25) is 5.95 Å². The Morgan fingerprint density at radius 1 is 1.28 bits per heavy atom. The molecule has 0 aliphatic rings. The Labute approximate surface area is 115 Å². The van der Waals surface area contributed by atoms with E-state index in [9.17, 15) is 0 Å². The van der Waals surface area contributed by atoms with Gasteiger partial charge in [-0.05, 0) is 34.0 Å². The molecule has 1 heterocycles.